The van der Waals surface area contributed by atoms with Crippen LogP contribution in [0.15, 0.2) is 47.9 Å². The smallest absolute Gasteiger partial charge is 0.262 e. The van der Waals surface area contributed by atoms with Crippen molar-refractivity contribution in [2.45, 2.75) is 42.7 Å². The quantitative estimate of drug-likeness (QED) is 0.589. The summed E-state index contributed by atoms with van der Waals surface area (Å²) in [6.45, 7) is 3.24. The lowest BCUT2D eigenvalue weighted by Gasteiger charge is -2.51. The number of rotatable bonds is 7. The Kier molecular flexibility index (Phi) is 7.09. The minimum Gasteiger partial charge on any atom is -0.360 e. The standard InChI is InChI=1S/C23H32FN5O4S/c1-17-13-19(24)14-23(17,22(33-3)26-21(30)18-7-5-4-6-8-18)28-9-11-29(12-10-28)34(31,32)20-15-27(2)16-25-20/h4-8,15-17,19,22H,9-14H2,1-3H3,(H,26,30). The molecule has 0 radical (unpaired) electrons. The lowest BCUT2D eigenvalue weighted by atomic mass is 9.83. The number of ether oxygens (including phenoxy) is 1. The van der Waals surface area contributed by atoms with Crippen molar-refractivity contribution in [3.05, 3.63) is 48.4 Å². The Labute approximate surface area is 199 Å². The van der Waals surface area contributed by atoms with Crippen LogP contribution in [-0.4, -0.2) is 84.3 Å². The highest BCUT2D eigenvalue weighted by Crippen LogP contribution is 2.45. The summed E-state index contributed by atoms with van der Waals surface area (Å²) in [5.74, 6) is -0.403. The summed E-state index contributed by atoms with van der Waals surface area (Å²) in [7, 11) is -0.482. The number of halogens is 1. The van der Waals surface area contributed by atoms with Crippen LogP contribution >= 0.6 is 0 Å². The Morgan fingerprint density at radius 2 is 1.91 bits per heavy atom. The van der Waals surface area contributed by atoms with Gasteiger partial charge in [0.1, 0.15) is 12.4 Å². The van der Waals surface area contributed by atoms with E-state index in [1.165, 1.54) is 23.9 Å². The van der Waals surface area contributed by atoms with E-state index >= 15 is 0 Å². The van der Waals surface area contributed by atoms with Crippen molar-refractivity contribution in [2.24, 2.45) is 13.0 Å². The summed E-state index contributed by atoms with van der Waals surface area (Å²) in [5, 5.41) is 2.98. The van der Waals surface area contributed by atoms with E-state index in [4.69, 9.17) is 4.74 Å². The molecule has 1 N–H and O–H groups in total. The first-order valence-corrected chi connectivity index (χ1v) is 12.9. The van der Waals surface area contributed by atoms with E-state index in [9.17, 15) is 17.6 Å². The van der Waals surface area contributed by atoms with E-state index < -0.39 is 28.0 Å². The van der Waals surface area contributed by atoms with E-state index in [0.29, 0.717) is 25.1 Å². The lowest BCUT2D eigenvalue weighted by molar-refractivity contribution is -0.0947. The topological polar surface area (TPSA) is 96.8 Å². The Hall–Kier alpha value is -2.34. The molecule has 1 aromatic heterocycles. The number of amides is 1. The predicted molar refractivity (Wildman–Crippen MR) is 124 cm³/mol. The number of aryl methyl sites for hydroxylation is 1. The number of nitrogens with zero attached hydrogens (tertiary/aromatic N) is 4. The van der Waals surface area contributed by atoms with E-state index in [0.717, 1.165) is 0 Å². The molecule has 2 heterocycles. The number of alkyl halides is 1. The van der Waals surface area contributed by atoms with Gasteiger partial charge >= 0.3 is 0 Å². The van der Waals surface area contributed by atoms with E-state index in [-0.39, 0.29) is 36.4 Å². The van der Waals surface area contributed by atoms with Gasteiger partial charge in [-0.05, 0) is 24.5 Å². The van der Waals surface area contributed by atoms with Gasteiger partial charge in [-0.15, -0.1) is 0 Å². The fraction of sp³-hybridized carbons (Fsp3) is 0.565. The van der Waals surface area contributed by atoms with Crippen LogP contribution in [0.1, 0.15) is 30.1 Å². The van der Waals surface area contributed by atoms with Gasteiger partial charge in [0, 0.05) is 58.5 Å². The maximum absolute atomic E-state index is 14.8. The third kappa shape index (κ3) is 4.49. The van der Waals surface area contributed by atoms with Crippen LogP contribution in [-0.2, 0) is 21.8 Å². The summed E-state index contributed by atoms with van der Waals surface area (Å²) >= 11 is 0. The monoisotopic (exact) mass is 493 g/mol. The van der Waals surface area contributed by atoms with Crippen LogP contribution in [0.5, 0.6) is 0 Å². The fourth-order valence-electron chi connectivity index (χ4n) is 5.38. The Morgan fingerprint density at radius 1 is 1.24 bits per heavy atom. The van der Waals surface area contributed by atoms with Crippen molar-refractivity contribution in [3.8, 4) is 0 Å². The summed E-state index contributed by atoms with van der Waals surface area (Å²) in [6.07, 6.45) is 1.71. The van der Waals surface area contributed by atoms with E-state index in [1.807, 2.05) is 13.0 Å². The molecule has 11 heteroatoms. The van der Waals surface area contributed by atoms with Gasteiger partial charge in [0.2, 0.25) is 0 Å². The summed E-state index contributed by atoms with van der Waals surface area (Å²) < 4.78 is 49.6. The van der Waals surface area contributed by atoms with Crippen molar-refractivity contribution >= 4 is 15.9 Å². The van der Waals surface area contributed by atoms with Crippen LogP contribution in [0.4, 0.5) is 4.39 Å². The average molecular weight is 494 g/mol. The zero-order valence-electron chi connectivity index (χ0n) is 19.7. The fourth-order valence-corrected chi connectivity index (χ4v) is 6.77. The second-order valence-electron chi connectivity index (χ2n) is 9.15. The molecular weight excluding hydrogens is 461 g/mol. The summed E-state index contributed by atoms with van der Waals surface area (Å²) in [5.41, 5.74) is -0.298. The number of hydrogen-bond acceptors (Lipinski definition) is 6. The normalized spacial score (nSPS) is 27.5. The Morgan fingerprint density at radius 3 is 2.44 bits per heavy atom. The van der Waals surface area contributed by atoms with Crippen LogP contribution < -0.4 is 5.32 Å². The average Bonchev–Trinajstić information content (AvgIpc) is 3.41. The highest BCUT2D eigenvalue weighted by atomic mass is 32.2. The molecule has 1 aliphatic carbocycles. The molecule has 4 unspecified atom stereocenters. The predicted octanol–water partition coefficient (Wildman–Crippen LogP) is 1.64. The van der Waals surface area contributed by atoms with E-state index in [1.54, 1.807) is 35.9 Å². The molecule has 4 rings (SSSR count). The number of nitrogens with one attached hydrogen (secondary N) is 1. The Balaban J connectivity index is 1.55. The summed E-state index contributed by atoms with van der Waals surface area (Å²) in [6, 6.07) is 8.82. The molecule has 1 saturated heterocycles. The van der Waals surface area contributed by atoms with Crippen LogP contribution in [0, 0.1) is 5.92 Å². The molecule has 1 amide bonds. The van der Waals surface area contributed by atoms with Crippen molar-refractivity contribution in [1.82, 2.24) is 24.1 Å². The maximum Gasteiger partial charge on any atom is 0.262 e. The second kappa shape index (κ2) is 9.73. The van der Waals surface area contributed by atoms with Crippen LogP contribution in [0.2, 0.25) is 0 Å². The van der Waals surface area contributed by atoms with Gasteiger partial charge in [-0.3, -0.25) is 9.69 Å². The number of piperazine rings is 1. The van der Waals surface area contributed by atoms with Crippen molar-refractivity contribution in [1.29, 1.82) is 0 Å². The number of aromatic nitrogens is 2. The third-order valence-electron chi connectivity index (χ3n) is 7.11. The van der Waals surface area contributed by atoms with Gasteiger partial charge in [0.05, 0.1) is 11.9 Å². The molecule has 2 aromatic rings. The number of benzene rings is 1. The molecule has 1 aliphatic heterocycles. The zero-order valence-corrected chi connectivity index (χ0v) is 20.5. The number of carbonyl (C=O) groups excluding carboxylic acids is 1. The molecule has 0 spiro atoms. The first kappa shape index (κ1) is 24.8. The second-order valence-corrected chi connectivity index (χ2v) is 11.0. The van der Waals surface area contributed by atoms with Gasteiger partial charge in [-0.25, -0.2) is 17.8 Å². The number of hydrogen-bond donors (Lipinski definition) is 1. The number of imidazole rings is 1. The first-order chi connectivity index (χ1) is 16.2. The molecule has 1 saturated carbocycles. The van der Waals surface area contributed by atoms with Gasteiger partial charge in [0.25, 0.3) is 15.9 Å². The first-order valence-electron chi connectivity index (χ1n) is 11.4. The number of methoxy groups -OCH3 is 1. The zero-order chi connectivity index (χ0) is 24.5. The molecule has 4 atom stereocenters. The Bertz CT molecular complexity index is 1100. The third-order valence-corrected chi connectivity index (χ3v) is 8.90. The maximum atomic E-state index is 14.8. The largest absolute Gasteiger partial charge is 0.360 e. The number of sulfonamides is 1. The van der Waals surface area contributed by atoms with Crippen LogP contribution in [0.3, 0.4) is 0 Å². The van der Waals surface area contributed by atoms with Crippen molar-refractivity contribution in [3.63, 3.8) is 0 Å². The van der Waals surface area contributed by atoms with Gasteiger partial charge < -0.3 is 14.6 Å². The van der Waals surface area contributed by atoms with Crippen molar-refractivity contribution < 1.29 is 22.3 Å². The molecular formula is C23H32FN5O4S. The van der Waals surface area contributed by atoms with Crippen LogP contribution in [0.25, 0.3) is 0 Å². The summed E-state index contributed by atoms with van der Waals surface area (Å²) in [4.78, 5) is 19.0. The van der Waals surface area contributed by atoms with Gasteiger partial charge in [-0.1, -0.05) is 25.1 Å². The molecule has 9 nitrogen and oxygen atoms in total. The van der Waals surface area contributed by atoms with Crippen molar-refractivity contribution in [2.75, 3.05) is 33.3 Å². The molecule has 0 bridgehead atoms. The number of carbonyl (C=O) groups is 1. The van der Waals surface area contributed by atoms with Gasteiger partial charge in [0.15, 0.2) is 5.03 Å². The molecule has 1 aromatic carbocycles. The highest BCUT2D eigenvalue weighted by Gasteiger charge is 2.56. The highest BCUT2D eigenvalue weighted by molar-refractivity contribution is 7.89. The molecule has 186 valence electrons. The van der Waals surface area contributed by atoms with Gasteiger partial charge in [-0.2, -0.15) is 4.31 Å². The van der Waals surface area contributed by atoms with E-state index in [2.05, 4.69) is 15.2 Å². The molecule has 2 aliphatic rings. The minimum atomic E-state index is -3.71. The SMILES string of the molecule is COC(NC(=O)c1ccccc1)C1(N2CCN(S(=O)(=O)c3cn(C)cn3)CC2)CC(F)CC1C. The molecule has 34 heavy (non-hydrogen) atoms. The molecule has 2 fully saturated rings. The minimum absolute atomic E-state index is 0.0149. The lowest BCUT2D eigenvalue weighted by Crippen LogP contribution is -2.68.